The molecule has 7 nitrogen and oxygen atoms in total. The molecule has 1 aliphatic carbocycles. The zero-order chi connectivity index (χ0) is 25.9. The van der Waals surface area contributed by atoms with Gasteiger partial charge in [0.2, 0.25) is 5.91 Å². The lowest BCUT2D eigenvalue weighted by Crippen LogP contribution is -2.38. The van der Waals surface area contributed by atoms with Crippen molar-refractivity contribution in [2.45, 2.75) is 44.4 Å². The van der Waals surface area contributed by atoms with Crippen LogP contribution in [0.4, 0.5) is 15.1 Å². The zero-order valence-electron chi connectivity index (χ0n) is 20.0. The number of carbonyl (C=O) groups excluding carboxylic acids is 2. The second-order valence-electron chi connectivity index (χ2n) is 8.48. The third-order valence-corrected chi connectivity index (χ3v) is 8.91. The number of aryl methyl sites for hydroxylation is 2. The van der Waals surface area contributed by atoms with Crippen LogP contribution in [-0.2, 0) is 32.4 Å². The van der Waals surface area contributed by atoms with E-state index in [2.05, 4.69) is 5.32 Å². The van der Waals surface area contributed by atoms with Gasteiger partial charge in [-0.25, -0.2) is 17.6 Å². The van der Waals surface area contributed by atoms with Crippen molar-refractivity contribution < 1.29 is 27.1 Å². The molecular weight excluding hydrogens is 503 g/mol. The Morgan fingerprint density at radius 3 is 2.39 bits per heavy atom. The summed E-state index contributed by atoms with van der Waals surface area (Å²) in [5.74, 6) is -1.66. The first-order valence-corrected chi connectivity index (χ1v) is 13.9. The fourth-order valence-corrected chi connectivity index (χ4v) is 6.84. The SMILES string of the molecule is CCOC(=O)c1c(NC(=O)CN(c2ccc(F)cc2)S(=O)(=O)c2ccc(C)cc2)sc2c1CCCC2. The Morgan fingerprint density at radius 1 is 1.06 bits per heavy atom. The van der Waals surface area contributed by atoms with Crippen LogP contribution in [0.1, 0.15) is 46.1 Å². The number of amides is 1. The van der Waals surface area contributed by atoms with E-state index in [4.69, 9.17) is 4.74 Å². The number of hydrogen-bond acceptors (Lipinski definition) is 6. The third-order valence-electron chi connectivity index (χ3n) is 5.91. The second kappa shape index (κ2) is 10.8. The van der Waals surface area contributed by atoms with Crippen molar-refractivity contribution in [2.24, 2.45) is 0 Å². The molecule has 0 spiro atoms. The van der Waals surface area contributed by atoms with Crippen molar-refractivity contribution in [1.29, 1.82) is 0 Å². The van der Waals surface area contributed by atoms with Crippen molar-refractivity contribution in [3.8, 4) is 0 Å². The molecule has 0 aliphatic heterocycles. The minimum atomic E-state index is -4.15. The Kier molecular flexibility index (Phi) is 7.75. The topological polar surface area (TPSA) is 92.8 Å². The molecule has 0 atom stereocenters. The average Bonchev–Trinajstić information content (AvgIpc) is 3.21. The maximum Gasteiger partial charge on any atom is 0.341 e. The number of ether oxygens (including phenoxy) is 1. The van der Waals surface area contributed by atoms with Crippen molar-refractivity contribution in [2.75, 3.05) is 22.8 Å². The summed E-state index contributed by atoms with van der Waals surface area (Å²) in [6.07, 6.45) is 3.47. The Morgan fingerprint density at radius 2 is 1.72 bits per heavy atom. The summed E-state index contributed by atoms with van der Waals surface area (Å²) in [4.78, 5) is 27.0. The Labute approximate surface area is 214 Å². The lowest BCUT2D eigenvalue weighted by Gasteiger charge is -2.24. The molecule has 0 bridgehead atoms. The van der Waals surface area contributed by atoms with E-state index in [1.165, 1.54) is 35.6 Å². The molecule has 1 N–H and O–H groups in total. The summed E-state index contributed by atoms with van der Waals surface area (Å²) in [5.41, 5.74) is 2.26. The molecule has 1 aliphatic rings. The van der Waals surface area contributed by atoms with Gasteiger partial charge in [-0.05, 0) is 81.5 Å². The summed E-state index contributed by atoms with van der Waals surface area (Å²) in [6, 6.07) is 11.1. The van der Waals surface area contributed by atoms with Gasteiger partial charge in [-0.15, -0.1) is 11.3 Å². The van der Waals surface area contributed by atoms with Gasteiger partial charge in [0.05, 0.1) is 22.8 Å². The minimum Gasteiger partial charge on any atom is -0.462 e. The molecule has 0 fully saturated rings. The van der Waals surface area contributed by atoms with Crippen LogP contribution in [0.3, 0.4) is 0 Å². The molecule has 1 aromatic heterocycles. The standard InChI is InChI=1S/C26H27FN2O5S2/c1-3-34-26(31)24-21-6-4-5-7-22(21)35-25(24)28-23(30)16-29(19-12-10-18(27)11-13-19)36(32,33)20-14-8-17(2)9-15-20/h8-15H,3-7,16H2,1-2H3,(H,28,30). The number of esters is 1. The van der Waals surface area contributed by atoms with Crippen LogP contribution in [0.2, 0.25) is 0 Å². The number of benzene rings is 2. The maximum absolute atomic E-state index is 13.6. The van der Waals surface area contributed by atoms with Gasteiger partial charge in [0, 0.05) is 4.88 Å². The maximum atomic E-state index is 13.6. The molecule has 4 rings (SSSR count). The number of hydrogen-bond donors (Lipinski definition) is 1. The lowest BCUT2D eigenvalue weighted by molar-refractivity contribution is -0.114. The molecule has 10 heteroatoms. The van der Waals surface area contributed by atoms with E-state index in [1.807, 2.05) is 6.92 Å². The van der Waals surface area contributed by atoms with Gasteiger partial charge in [0.1, 0.15) is 17.4 Å². The van der Waals surface area contributed by atoms with Crippen LogP contribution >= 0.6 is 11.3 Å². The highest BCUT2D eigenvalue weighted by Crippen LogP contribution is 2.38. The van der Waals surface area contributed by atoms with E-state index in [0.717, 1.165) is 58.1 Å². The van der Waals surface area contributed by atoms with E-state index < -0.39 is 34.3 Å². The van der Waals surface area contributed by atoms with E-state index in [-0.39, 0.29) is 17.2 Å². The normalized spacial score (nSPS) is 13.1. The molecule has 0 unspecified atom stereocenters. The van der Waals surface area contributed by atoms with Gasteiger partial charge in [-0.3, -0.25) is 9.10 Å². The number of rotatable bonds is 8. The number of sulfonamides is 1. The summed E-state index contributed by atoms with van der Waals surface area (Å²) in [6.45, 7) is 3.19. The van der Waals surface area contributed by atoms with Gasteiger partial charge in [-0.1, -0.05) is 17.7 Å². The average molecular weight is 531 g/mol. The van der Waals surface area contributed by atoms with Gasteiger partial charge >= 0.3 is 5.97 Å². The van der Waals surface area contributed by atoms with E-state index in [9.17, 15) is 22.4 Å². The number of nitrogens with zero attached hydrogens (tertiary/aromatic N) is 1. The zero-order valence-corrected chi connectivity index (χ0v) is 21.7. The predicted molar refractivity (Wildman–Crippen MR) is 138 cm³/mol. The third kappa shape index (κ3) is 5.44. The Bertz CT molecular complexity index is 1370. The van der Waals surface area contributed by atoms with Crippen LogP contribution in [0.5, 0.6) is 0 Å². The monoisotopic (exact) mass is 530 g/mol. The number of nitrogens with one attached hydrogen (secondary N) is 1. The molecule has 1 heterocycles. The van der Waals surface area contributed by atoms with Gasteiger partial charge in [0.25, 0.3) is 10.0 Å². The smallest absolute Gasteiger partial charge is 0.341 e. The van der Waals surface area contributed by atoms with Crippen molar-refractivity contribution in [1.82, 2.24) is 0 Å². The minimum absolute atomic E-state index is 0.00373. The molecule has 190 valence electrons. The van der Waals surface area contributed by atoms with Gasteiger partial charge in [-0.2, -0.15) is 0 Å². The number of thiophene rings is 1. The second-order valence-corrected chi connectivity index (χ2v) is 11.5. The summed E-state index contributed by atoms with van der Waals surface area (Å²) >= 11 is 1.32. The van der Waals surface area contributed by atoms with Crippen LogP contribution in [0.25, 0.3) is 0 Å². The molecule has 0 saturated carbocycles. The van der Waals surface area contributed by atoms with Gasteiger partial charge in [0.15, 0.2) is 0 Å². The number of anilines is 2. The first-order chi connectivity index (χ1) is 17.2. The highest BCUT2D eigenvalue weighted by molar-refractivity contribution is 7.92. The van der Waals surface area contributed by atoms with Crippen LogP contribution in [-0.4, -0.2) is 33.4 Å². The van der Waals surface area contributed by atoms with Crippen molar-refractivity contribution in [3.63, 3.8) is 0 Å². The largest absolute Gasteiger partial charge is 0.462 e. The van der Waals surface area contributed by atoms with Crippen molar-refractivity contribution in [3.05, 3.63) is 75.9 Å². The lowest BCUT2D eigenvalue weighted by atomic mass is 9.95. The highest BCUT2D eigenvalue weighted by Gasteiger charge is 2.30. The Hall–Kier alpha value is -3.24. The van der Waals surface area contributed by atoms with E-state index >= 15 is 0 Å². The summed E-state index contributed by atoms with van der Waals surface area (Å²) in [7, 11) is -4.15. The molecule has 2 aromatic carbocycles. The molecule has 0 saturated heterocycles. The van der Waals surface area contributed by atoms with E-state index in [1.54, 1.807) is 19.1 Å². The number of carbonyl (C=O) groups is 2. The number of fused-ring (bicyclic) bond motifs is 1. The highest BCUT2D eigenvalue weighted by atomic mass is 32.2. The van der Waals surface area contributed by atoms with Crippen LogP contribution < -0.4 is 9.62 Å². The number of halogens is 1. The van der Waals surface area contributed by atoms with E-state index in [0.29, 0.717) is 10.6 Å². The molecule has 36 heavy (non-hydrogen) atoms. The first kappa shape index (κ1) is 25.8. The van der Waals surface area contributed by atoms with Gasteiger partial charge < -0.3 is 10.1 Å². The van der Waals surface area contributed by atoms with Crippen LogP contribution in [0, 0.1) is 12.7 Å². The molecule has 1 amide bonds. The Balaban J connectivity index is 1.67. The predicted octanol–water partition coefficient (Wildman–Crippen LogP) is 5.09. The molecule has 0 radical (unpaired) electrons. The first-order valence-electron chi connectivity index (χ1n) is 11.7. The molecular formula is C26H27FN2O5S2. The van der Waals surface area contributed by atoms with Crippen molar-refractivity contribution >= 4 is 43.9 Å². The molecule has 3 aromatic rings. The van der Waals surface area contributed by atoms with Crippen LogP contribution in [0.15, 0.2) is 53.4 Å². The summed E-state index contributed by atoms with van der Waals surface area (Å²) < 4.78 is 46.8. The summed E-state index contributed by atoms with van der Waals surface area (Å²) in [5, 5.41) is 3.11. The fraction of sp³-hybridized carbons (Fsp3) is 0.308. The quantitative estimate of drug-likeness (QED) is 0.410. The fourth-order valence-electron chi connectivity index (χ4n) is 4.13.